The number of rotatable bonds is 5. The highest BCUT2D eigenvalue weighted by Gasteiger charge is 2.19. The Morgan fingerprint density at radius 2 is 0.672 bits per heavy atom. The molecule has 3 nitrogen and oxygen atoms in total. The summed E-state index contributed by atoms with van der Waals surface area (Å²) >= 11 is 0. The second-order valence-electron chi connectivity index (χ2n) is 17.5. The molecule has 0 saturated heterocycles. The van der Waals surface area contributed by atoms with Gasteiger partial charge in [-0.25, -0.2) is 4.98 Å². The minimum Gasteiger partial charge on any atom is -0.455 e. The average molecular weight is 851 g/mol. The molecule has 0 radical (unpaired) electrons. The second-order valence-corrected chi connectivity index (χ2v) is 17.5. The molecule has 0 aliphatic rings. The van der Waals surface area contributed by atoms with Gasteiger partial charge in [-0.3, -0.25) is 4.98 Å². The number of hydrogen-bond acceptors (Lipinski definition) is 3. The van der Waals surface area contributed by atoms with Crippen LogP contribution in [0.1, 0.15) is 0 Å². The van der Waals surface area contributed by atoms with Gasteiger partial charge in [0.2, 0.25) is 0 Å². The molecule has 2 heterocycles. The third-order valence-electron chi connectivity index (χ3n) is 13.9. The first kappa shape index (κ1) is 37.5. The summed E-state index contributed by atoms with van der Waals surface area (Å²) in [5.74, 6) is 0. The van der Waals surface area contributed by atoms with Crippen LogP contribution < -0.4 is 0 Å². The summed E-state index contributed by atoms with van der Waals surface area (Å²) in [5.41, 5.74) is 15.0. The van der Waals surface area contributed by atoms with Gasteiger partial charge in [0.05, 0.1) is 22.9 Å². The summed E-state index contributed by atoms with van der Waals surface area (Å²) in [6, 6.07) is 80.9. The maximum Gasteiger partial charge on any atom is 0.143 e. The maximum absolute atomic E-state index is 6.53. The van der Waals surface area contributed by atoms with Crippen molar-refractivity contribution in [3.63, 3.8) is 0 Å². The van der Waals surface area contributed by atoms with Crippen LogP contribution in [0.2, 0.25) is 0 Å². The van der Waals surface area contributed by atoms with Gasteiger partial charge in [0, 0.05) is 32.7 Å². The van der Waals surface area contributed by atoms with Gasteiger partial charge in [0.1, 0.15) is 11.2 Å². The molecule has 0 bridgehead atoms. The number of fused-ring (bicyclic) bond motifs is 12. The van der Waals surface area contributed by atoms with E-state index in [0.29, 0.717) is 0 Å². The first-order valence-corrected chi connectivity index (χ1v) is 22.9. The van der Waals surface area contributed by atoms with Crippen molar-refractivity contribution in [2.75, 3.05) is 0 Å². The molecule has 0 aliphatic heterocycles. The Labute approximate surface area is 385 Å². The average Bonchev–Trinajstić information content (AvgIpc) is 3.79. The van der Waals surface area contributed by atoms with Gasteiger partial charge in [-0.15, -0.1) is 0 Å². The number of para-hydroxylation sites is 2. The summed E-state index contributed by atoms with van der Waals surface area (Å²) in [4.78, 5) is 10.4. The summed E-state index contributed by atoms with van der Waals surface area (Å²) in [6.07, 6.45) is 1.93. The molecule has 0 N–H and O–H groups in total. The smallest absolute Gasteiger partial charge is 0.143 e. The fourth-order valence-electron chi connectivity index (χ4n) is 10.9. The molecule has 3 heteroatoms. The van der Waals surface area contributed by atoms with Crippen LogP contribution in [0.25, 0.3) is 143 Å². The molecule has 0 atom stereocenters. The Balaban J connectivity index is 0.877. The van der Waals surface area contributed by atoms with E-state index in [1.54, 1.807) is 0 Å². The van der Waals surface area contributed by atoms with Gasteiger partial charge in [0.15, 0.2) is 0 Å². The van der Waals surface area contributed by atoms with Crippen LogP contribution in [0.5, 0.6) is 0 Å². The Kier molecular flexibility index (Phi) is 8.28. The van der Waals surface area contributed by atoms with Crippen molar-refractivity contribution in [1.29, 1.82) is 0 Å². The first-order valence-electron chi connectivity index (χ1n) is 22.9. The van der Waals surface area contributed by atoms with Gasteiger partial charge in [-0.1, -0.05) is 212 Å². The van der Waals surface area contributed by atoms with Crippen LogP contribution in [-0.4, -0.2) is 9.97 Å². The van der Waals surface area contributed by atoms with Crippen LogP contribution in [0.15, 0.2) is 235 Å². The molecule has 0 amide bonds. The highest BCUT2D eigenvalue weighted by Crippen LogP contribution is 2.45. The maximum atomic E-state index is 6.53. The molecular weight excluding hydrogens is 813 g/mol. The normalized spacial score (nSPS) is 11.9. The molecule has 0 spiro atoms. The zero-order chi connectivity index (χ0) is 44.0. The van der Waals surface area contributed by atoms with E-state index in [-0.39, 0.29) is 0 Å². The number of aromatic nitrogens is 2. The lowest BCUT2D eigenvalue weighted by Gasteiger charge is -2.17. The predicted octanol–water partition coefficient (Wildman–Crippen LogP) is 17.6. The topological polar surface area (TPSA) is 38.9 Å². The van der Waals surface area contributed by atoms with Crippen molar-refractivity contribution in [2.24, 2.45) is 0 Å². The van der Waals surface area contributed by atoms with E-state index in [9.17, 15) is 0 Å². The summed E-state index contributed by atoms with van der Waals surface area (Å²) in [5, 5.41) is 14.1. The van der Waals surface area contributed by atoms with Crippen LogP contribution in [0.4, 0.5) is 0 Å². The molecule has 2 aromatic heterocycles. The van der Waals surface area contributed by atoms with Gasteiger partial charge in [0.25, 0.3) is 0 Å². The van der Waals surface area contributed by atoms with Gasteiger partial charge in [-0.05, 0) is 94.2 Å². The van der Waals surface area contributed by atoms with Crippen molar-refractivity contribution < 1.29 is 4.42 Å². The van der Waals surface area contributed by atoms with Gasteiger partial charge < -0.3 is 4.42 Å². The van der Waals surface area contributed by atoms with E-state index >= 15 is 0 Å². The van der Waals surface area contributed by atoms with Crippen LogP contribution in [0.3, 0.4) is 0 Å². The fourth-order valence-corrected chi connectivity index (χ4v) is 10.9. The van der Waals surface area contributed by atoms with E-state index < -0.39 is 0 Å². The zero-order valence-corrected chi connectivity index (χ0v) is 36.2. The van der Waals surface area contributed by atoms with Crippen molar-refractivity contribution in [3.8, 4) is 55.8 Å². The second kappa shape index (κ2) is 14.8. The number of hydrogen-bond donors (Lipinski definition) is 0. The Bertz CT molecular complexity index is 4320. The van der Waals surface area contributed by atoms with Crippen molar-refractivity contribution in [2.45, 2.75) is 0 Å². The van der Waals surface area contributed by atoms with Crippen LogP contribution in [-0.2, 0) is 0 Å². The summed E-state index contributed by atoms with van der Waals surface area (Å²) < 4.78 is 6.53. The highest BCUT2D eigenvalue weighted by atomic mass is 16.3. The molecule has 0 saturated carbocycles. The lowest BCUT2D eigenvalue weighted by Crippen LogP contribution is -1.93. The monoisotopic (exact) mass is 850 g/mol. The lowest BCUT2D eigenvalue weighted by molar-refractivity contribution is 0.670. The molecule has 12 aromatic carbocycles. The van der Waals surface area contributed by atoms with E-state index in [1.165, 1.54) is 70.9 Å². The van der Waals surface area contributed by atoms with E-state index in [4.69, 9.17) is 14.4 Å². The minimum absolute atomic E-state index is 0.855. The largest absolute Gasteiger partial charge is 0.455 e. The quantitative estimate of drug-likeness (QED) is 0.162. The summed E-state index contributed by atoms with van der Waals surface area (Å²) in [7, 11) is 0. The van der Waals surface area contributed by atoms with Crippen LogP contribution in [0, 0.1) is 0 Å². The molecule has 14 rings (SSSR count). The van der Waals surface area contributed by atoms with Gasteiger partial charge >= 0.3 is 0 Å². The molecule has 14 aromatic rings. The minimum atomic E-state index is 0.855. The SMILES string of the molecule is c1cc(-c2cnc3c4ccccc4c4ccccc4c3n2)cc(-c2ccc(-c3ccc(-c4ccc(-c5cccc6c5oc5ccccc56)c5ccccc45)c4ccccc34)c3ccccc23)c1. The standard InChI is InChI=1S/C64H38N2O/c1-2-18-43-42(17-1)41(39-15-13-16-40(37-39)60-38-65-62-56-26-9-7-23-48(56)49-24-8-10-27-57(49)63(62)66-60)31-32-50(43)51-33-34-52(45-20-4-3-19-44(45)51)53-35-36-54(47-22-6-5-21-46(47)53)58-28-14-29-59-55-25-11-12-30-61(55)67-64(58)59/h1-38H. The van der Waals surface area contributed by atoms with E-state index in [0.717, 1.165) is 71.7 Å². The van der Waals surface area contributed by atoms with E-state index in [1.807, 2.05) is 12.3 Å². The Hall–Kier alpha value is -8.92. The van der Waals surface area contributed by atoms with Crippen molar-refractivity contribution in [1.82, 2.24) is 9.97 Å². The Morgan fingerprint density at radius 1 is 0.269 bits per heavy atom. The fraction of sp³-hybridized carbons (Fsp3) is 0. The number of nitrogens with zero attached hydrogens (tertiary/aromatic N) is 2. The summed E-state index contributed by atoms with van der Waals surface area (Å²) in [6.45, 7) is 0. The molecule has 0 aliphatic carbocycles. The van der Waals surface area contributed by atoms with Crippen molar-refractivity contribution in [3.05, 3.63) is 231 Å². The van der Waals surface area contributed by atoms with E-state index in [2.05, 4.69) is 218 Å². The van der Waals surface area contributed by atoms with Crippen molar-refractivity contribution >= 4 is 86.8 Å². The van der Waals surface area contributed by atoms with Gasteiger partial charge in [-0.2, -0.15) is 0 Å². The molecule has 0 fully saturated rings. The molecule has 310 valence electrons. The molecular formula is C64H38N2O. The number of furan rings is 1. The first-order chi connectivity index (χ1) is 33.2. The third-order valence-corrected chi connectivity index (χ3v) is 13.9. The predicted molar refractivity (Wildman–Crippen MR) is 282 cm³/mol. The molecule has 0 unspecified atom stereocenters. The highest BCUT2D eigenvalue weighted by molar-refractivity contribution is 6.23. The lowest BCUT2D eigenvalue weighted by atomic mass is 9.86. The number of benzene rings is 12. The zero-order valence-electron chi connectivity index (χ0n) is 36.2. The van der Waals surface area contributed by atoms with Crippen LogP contribution >= 0.6 is 0 Å². The molecule has 67 heavy (non-hydrogen) atoms. The third kappa shape index (κ3) is 5.78. The Morgan fingerprint density at radius 3 is 1.24 bits per heavy atom.